The smallest absolute Gasteiger partial charge is 0.480 e. The quantitative estimate of drug-likeness (QED) is 0.00457. The number of carboxylic acids is 1. The predicted molar refractivity (Wildman–Crippen MR) is 382 cm³/mol. The minimum atomic E-state index is -5.44. The van der Waals surface area contributed by atoms with E-state index < -0.39 is 201 Å². The van der Waals surface area contributed by atoms with Crippen molar-refractivity contribution < 1.29 is 135 Å². The topological polar surface area (TPSA) is 372 Å². The van der Waals surface area contributed by atoms with Crippen LogP contribution in [0.1, 0.15) is 126 Å². The second kappa shape index (κ2) is 36.3. The highest BCUT2D eigenvalue weighted by Crippen LogP contribution is 2.47. The van der Waals surface area contributed by atoms with Crippen LogP contribution in [0.15, 0.2) is 73.2 Å². The molecule has 2 aromatic heterocycles. The number of aromatic nitrogens is 4. The van der Waals surface area contributed by atoms with Gasteiger partial charge in [0.05, 0.1) is 74.9 Å². The number of phosphoric ester groups is 1. The number of nitrogens with zero attached hydrogens (tertiary/aromatic N) is 8. The average molecular weight is 1650 g/mol. The Bertz CT molecular complexity index is 4480. The second-order valence-corrected chi connectivity index (χ2v) is 31.1. The van der Waals surface area contributed by atoms with Gasteiger partial charge < -0.3 is 58.5 Å². The van der Waals surface area contributed by atoms with Crippen molar-refractivity contribution in [3.8, 4) is 28.8 Å². The first-order chi connectivity index (χ1) is 53.8. The summed E-state index contributed by atoms with van der Waals surface area (Å²) in [6.45, 7) is 1.57. The standard InChI is InChI=1S/C74H86F10N11O19P/c1-40-23-46(29-58(97)93-21-10-11-54(93)64(100)101)60(56(24-40)114-115(105,106)107)70(2,3)30-59(98)111-39-112-69(104)113-57(36-92(90-63(99)62(88-68(103)109-9)72(6,7)74(82,83)84)35-50-51(75)26-44(27-52(50)76)53-20-22-94(89-53)65(77)78)45(28-55(96)61(87-67(102)108-8)71(4,5)73(79,80)81)25-42-15-12-41(13-16-42)14-17-43-31-85-66(86-32-43)91-33-47-18-19-48(34-91)95(47)49-37-110-38-49/h12-13,15-16,20,22-24,26-27,31-32,45,47-49,54,57,61-62,65H,10-11,18-19,21,25,28-30,33-39H2,1-9H3,(H,87,102)(H,88,103)(H,90,99)(H,100,101)(H2,105,106,107)/t45-,47?,48?,54?,57+,61-,62-/m1/s1. The third-order valence-corrected chi connectivity index (χ3v) is 21.0. The minimum Gasteiger partial charge on any atom is -0.480 e. The molecule has 4 aliphatic rings. The van der Waals surface area contributed by atoms with E-state index in [-0.39, 0.29) is 39.9 Å². The van der Waals surface area contributed by atoms with Crippen LogP contribution in [0.4, 0.5) is 64.2 Å². The zero-order valence-corrected chi connectivity index (χ0v) is 64.5. The van der Waals surface area contributed by atoms with Gasteiger partial charge in [-0.3, -0.25) is 39.3 Å². The van der Waals surface area contributed by atoms with Gasteiger partial charge in [-0.2, -0.15) is 40.2 Å². The van der Waals surface area contributed by atoms with Gasteiger partial charge in [-0.1, -0.05) is 43.9 Å². The molecule has 41 heteroatoms. The molecule has 6 N–H and O–H groups in total. The number of piperazine rings is 1. The maximum absolute atomic E-state index is 16.8. The van der Waals surface area contributed by atoms with E-state index in [1.54, 1.807) is 5.32 Å². The molecule has 9 rings (SSSR count). The Morgan fingerprint density at radius 1 is 0.774 bits per heavy atom. The number of alkyl carbamates (subject to hydrolysis) is 2. The number of benzene rings is 3. The molecule has 4 fully saturated rings. The Kier molecular flexibility index (Phi) is 28.0. The third-order valence-electron chi connectivity index (χ3n) is 20.6. The number of hydrogen-bond donors (Lipinski definition) is 6. The van der Waals surface area contributed by atoms with Gasteiger partial charge in [-0.05, 0) is 120 Å². The number of anilines is 1. The number of hydrazine groups is 1. The number of alkyl halides is 8. The highest BCUT2D eigenvalue weighted by molar-refractivity contribution is 7.46. The first kappa shape index (κ1) is 88.7. The molecule has 3 aromatic carbocycles. The molecular weight excluding hydrogens is 1570 g/mol. The number of fused-ring (bicyclic) bond motifs is 2. The molecule has 0 saturated carbocycles. The molecule has 4 aliphatic heterocycles. The number of phosphoric acid groups is 1. The maximum Gasteiger partial charge on any atom is 0.524 e. The van der Waals surface area contributed by atoms with Crippen molar-refractivity contribution in [3.63, 3.8) is 0 Å². The number of ether oxygens (including phenoxy) is 6. The Labute approximate surface area is 652 Å². The number of carbonyl (C=O) groups is 8. The van der Waals surface area contributed by atoms with E-state index in [0.29, 0.717) is 113 Å². The van der Waals surface area contributed by atoms with Crippen LogP contribution in [0, 0.1) is 47.1 Å². The van der Waals surface area contributed by atoms with Crippen LogP contribution in [0.25, 0.3) is 11.3 Å². The summed E-state index contributed by atoms with van der Waals surface area (Å²) in [5.74, 6) is -5.80. The van der Waals surface area contributed by atoms with Crippen molar-refractivity contribution in [2.24, 2.45) is 16.7 Å². The van der Waals surface area contributed by atoms with E-state index in [2.05, 4.69) is 46.2 Å². The number of aryl methyl sites for hydroxylation is 1. The number of methoxy groups -OCH3 is 2. The van der Waals surface area contributed by atoms with Gasteiger partial charge in [0.15, 0.2) is 5.78 Å². The molecule has 30 nitrogen and oxygen atoms in total. The van der Waals surface area contributed by atoms with Crippen LogP contribution < -0.4 is 25.5 Å². The van der Waals surface area contributed by atoms with E-state index in [1.807, 2.05) is 10.7 Å². The van der Waals surface area contributed by atoms with Crippen molar-refractivity contribution in [1.29, 1.82) is 0 Å². The van der Waals surface area contributed by atoms with Gasteiger partial charge in [0.2, 0.25) is 18.6 Å². The molecule has 0 radical (unpaired) electrons. The third kappa shape index (κ3) is 22.1. The highest BCUT2D eigenvalue weighted by atomic mass is 31.2. The number of hydrogen-bond acceptors (Lipinski definition) is 22. The molecule has 0 spiro atoms. The molecular formula is C74H86F10N11O19P. The van der Waals surface area contributed by atoms with Crippen LogP contribution in [-0.2, 0) is 81.8 Å². The Balaban J connectivity index is 1.09. The zero-order chi connectivity index (χ0) is 84.6. The summed E-state index contributed by atoms with van der Waals surface area (Å²) < 4.78 is 200. The van der Waals surface area contributed by atoms with Crippen LogP contribution in [0.5, 0.6) is 5.75 Å². The SMILES string of the molecule is COC(=O)N[C@H](C(=O)C[C@@H](Cc1ccc(C#Cc2cnc(N3CC4CCC(C3)N4C3COC3)nc2)cc1)[C@H](CN(Cc1c(F)cc(-c2ccn(C(F)F)n2)cc1F)NC(=O)[C@@H](NC(=O)OC)C(C)(C)C(F)(F)F)OC(=O)OCOC(=O)CC(C)(C)c1c(CC(=O)N2CCCC2C(=O)O)cc(C)cc1OP(=O)(O)O)C(C)(C)C(F)(F)F. The first-order valence-corrected chi connectivity index (χ1v) is 37.5. The average Bonchev–Trinajstić information content (AvgIpc) is 1.68. The zero-order valence-electron chi connectivity index (χ0n) is 63.6. The molecule has 3 unspecified atom stereocenters. The Morgan fingerprint density at radius 3 is 1.91 bits per heavy atom. The number of carbonyl (C=O) groups excluding carboxylic acids is 7. The number of nitrogens with one attached hydrogen (secondary N) is 3. The maximum atomic E-state index is 16.8. The number of carboxylic acid groups (broad SMARTS) is 1. The number of likely N-dealkylation sites (tertiary alicyclic amines) is 1. The Morgan fingerprint density at radius 2 is 1.37 bits per heavy atom. The molecule has 626 valence electrons. The molecule has 2 bridgehead atoms. The lowest BCUT2D eigenvalue weighted by molar-refractivity contribution is -0.221. The molecule has 115 heavy (non-hydrogen) atoms. The lowest BCUT2D eigenvalue weighted by atomic mass is 9.77. The van der Waals surface area contributed by atoms with Crippen LogP contribution in [-0.4, -0.2) is 212 Å². The van der Waals surface area contributed by atoms with E-state index in [1.165, 1.54) is 69.6 Å². The molecule has 0 aliphatic carbocycles. The number of amides is 4. The summed E-state index contributed by atoms with van der Waals surface area (Å²) in [5, 5.41) is 17.5. The molecule has 4 amide bonds. The molecule has 5 aromatic rings. The van der Waals surface area contributed by atoms with Crippen molar-refractivity contribution in [1.82, 2.24) is 50.6 Å². The monoisotopic (exact) mass is 1650 g/mol. The van der Waals surface area contributed by atoms with Crippen LogP contribution in [0.3, 0.4) is 0 Å². The van der Waals surface area contributed by atoms with Gasteiger partial charge in [0.1, 0.15) is 41.6 Å². The summed E-state index contributed by atoms with van der Waals surface area (Å²) in [7, 11) is -3.96. The fourth-order valence-electron chi connectivity index (χ4n) is 14.3. The Hall–Kier alpha value is -10.2. The number of ketones is 1. The summed E-state index contributed by atoms with van der Waals surface area (Å²) in [6, 6.07) is 4.78. The number of Topliss-reactive ketones (excluding diaryl/α,β-unsaturated/α-hetero) is 1. The van der Waals surface area contributed by atoms with E-state index in [9.17, 15) is 61.8 Å². The van der Waals surface area contributed by atoms with Gasteiger partial charge >= 0.3 is 57.0 Å². The molecule has 6 heterocycles. The van der Waals surface area contributed by atoms with Gasteiger partial charge in [0, 0.05) is 96.9 Å². The summed E-state index contributed by atoms with van der Waals surface area (Å²) in [4.78, 5) is 145. The molecule has 7 atom stereocenters. The fourth-order valence-corrected chi connectivity index (χ4v) is 14.7. The summed E-state index contributed by atoms with van der Waals surface area (Å²) >= 11 is 0. The number of aliphatic carboxylic acids is 1. The lowest BCUT2D eigenvalue weighted by Gasteiger charge is -2.47. The first-order valence-electron chi connectivity index (χ1n) is 35.9. The van der Waals surface area contributed by atoms with E-state index in [4.69, 9.17) is 23.5 Å². The lowest BCUT2D eigenvalue weighted by Crippen LogP contribution is -2.62. The minimum absolute atomic E-state index is 0.0197. The van der Waals surface area contributed by atoms with Crippen molar-refractivity contribution in [2.45, 2.75) is 173 Å². The fraction of sp³-hybridized carbons (Fsp3) is 0.527. The number of esters is 1. The van der Waals surface area contributed by atoms with Crippen molar-refractivity contribution in [3.05, 3.63) is 124 Å². The van der Waals surface area contributed by atoms with Gasteiger partial charge in [-0.25, -0.2) is 52.2 Å². The van der Waals surface area contributed by atoms with Crippen LogP contribution in [0.2, 0.25) is 0 Å². The summed E-state index contributed by atoms with van der Waals surface area (Å²) in [5.41, 5.74) is -7.21. The normalized spacial score (nSPS) is 18.0. The molecule has 4 saturated heterocycles. The van der Waals surface area contributed by atoms with Crippen molar-refractivity contribution >= 4 is 61.6 Å². The van der Waals surface area contributed by atoms with Gasteiger partial charge in [0.25, 0.3) is 5.91 Å². The van der Waals surface area contributed by atoms with E-state index in [0.717, 1.165) is 44.2 Å². The second-order valence-electron chi connectivity index (χ2n) is 30.0. The summed E-state index contributed by atoms with van der Waals surface area (Å²) in [6.07, 6.45) is -15.2. The van der Waals surface area contributed by atoms with Crippen molar-refractivity contribution in [2.75, 3.05) is 65.3 Å². The van der Waals surface area contributed by atoms with E-state index >= 15 is 39.9 Å². The van der Waals surface area contributed by atoms with Crippen LogP contribution >= 0.6 is 7.82 Å². The van der Waals surface area contributed by atoms with Gasteiger partial charge in [-0.15, -0.1) is 0 Å². The highest BCUT2D eigenvalue weighted by Gasteiger charge is 2.58. The number of halogens is 10. The number of rotatable bonds is 31. The largest absolute Gasteiger partial charge is 0.524 e. The predicted octanol–water partition coefficient (Wildman–Crippen LogP) is 9.53.